The molecule has 2 saturated heterocycles. The first kappa shape index (κ1) is 7.56. The van der Waals surface area contributed by atoms with Crippen molar-refractivity contribution in [3.63, 3.8) is 0 Å². The van der Waals surface area contributed by atoms with E-state index in [0.29, 0.717) is 6.04 Å². The molecule has 1 unspecified atom stereocenters. The highest BCUT2D eigenvalue weighted by Crippen LogP contribution is 2.12. The van der Waals surface area contributed by atoms with E-state index in [1.165, 1.54) is 45.3 Å². The fraction of sp³-hybridized carbons (Fsp3) is 1.00. The zero-order valence-electron chi connectivity index (χ0n) is 7.13. The predicted octanol–water partition coefficient (Wildman–Crippen LogP) is 0.849. The predicted molar refractivity (Wildman–Crippen MR) is 45.7 cm³/mol. The molecule has 11 heavy (non-hydrogen) atoms. The molecule has 2 heterocycles. The average molecular weight is 153 g/mol. The highest BCUT2D eigenvalue weighted by atomic mass is 15.2. The van der Waals surface area contributed by atoms with Crippen LogP contribution in [-0.4, -0.2) is 37.1 Å². The van der Waals surface area contributed by atoms with Crippen LogP contribution in [0.25, 0.3) is 0 Å². The molecule has 1 radical (unpaired) electrons. The minimum atomic E-state index is 0.702. The molecule has 2 nitrogen and oxygen atoms in total. The molecule has 0 aliphatic carbocycles. The molecular weight excluding hydrogens is 136 g/mol. The highest BCUT2D eigenvalue weighted by molar-refractivity contribution is 4.81. The lowest BCUT2D eigenvalue weighted by Gasteiger charge is -2.34. The zero-order chi connectivity index (χ0) is 7.52. The Balaban J connectivity index is 1.67. The van der Waals surface area contributed by atoms with E-state index in [4.69, 9.17) is 0 Å². The minimum absolute atomic E-state index is 0.702. The average Bonchev–Trinajstić information content (AvgIpc) is 1.99. The summed E-state index contributed by atoms with van der Waals surface area (Å²) in [7, 11) is 0. The van der Waals surface area contributed by atoms with Crippen LogP contribution in [0, 0.1) is 0 Å². The maximum absolute atomic E-state index is 4.42. The third-order valence-corrected chi connectivity index (χ3v) is 2.77. The summed E-state index contributed by atoms with van der Waals surface area (Å²) in [5.41, 5.74) is 0. The second-order valence-electron chi connectivity index (χ2n) is 3.71. The Bertz CT molecular complexity index is 115. The normalized spacial score (nSPS) is 33.3. The maximum atomic E-state index is 4.42. The second kappa shape index (κ2) is 3.55. The van der Waals surface area contributed by atoms with E-state index in [1.54, 1.807) is 0 Å². The van der Waals surface area contributed by atoms with Gasteiger partial charge < -0.3 is 4.90 Å². The van der Waals surface area contributed by atoms with Gasteiger partial charge in [-0.15, -0.1) is 0 Å². The molecule has 0 bridgehead atoms. The molecule has 2 rings (SSSR count). The van der Waals surface area contributed by atoms with Gasteiger partial charge in [0, 0.05) is 19.1 Å². The van der Waals surface area contributed by atoms with Gasteiger partial charge in [0.05, 0.1) is 0 Å². The maximum Gasteiger partial charge on any atom is 0.0386 e. The van der Waals surface area contributed by atoms with Crippen molar-refractivity contribution in [2.75, 3.05) is 26.2 Å². The van der Waals surface area contributed by atoms with Gasteiger partial charge in [0.15, 0.2) is 0 Å². The van der Waals surface area contributed by atoms with Crippen molar-refractivity contribution in [2.24, 2.45) is 0 Å². The zero-order valence-corrected chi connectivity index (χ0v) is 7.13. The van der Waals surface area contributed by atoms with Crippen LogP contribution < -0.4 is 5.32 Å². The number of piperidine rings is 1. The highest BCUT2D eigenvalue weighted by Gasteiger charge is 2.21. The van der Waals surface area contributed by atoms with Crippen molar-refractivity contribution < 1.29 is 0 Å². The van der Waals surface area contributed by atoms with Gasteiger partial charge in [-0.2, -0.15) is 0 Å². The summed E-state index contributed by atoms with van der Waals surface area (Å²) in [6.45, 7) is 5.02. The Hall–Kier alpha value is -0.0800. The number of likely N-dealkylation sites (tertiary alicyclic amines) is 1. The lowest BCUT2D eigenvalue weighted by atomic mass is 10.0. The summed E-state index contributed by atoms with van der Waals surface area (Å²) >= 11 is 0. The Kier molecular flexibility index (Phi) is 2.44. The van der Waals surface area contributed by atoms with Gasteiger partial charge >= 0.3 is 0 Å². The van der Waals surface area contributed by atoms with Crippen LogP contribution in [-0.2, 0) is 0 Å². The first-order chi connectivity index (χ1) is 5.45. The monoisotopic (exact) mass is 153 g/mol. The van der Waals surface area contributed by atoms with Crippen molar-refractivity contribution in [1.82, 2.24) is 10.2 Å². The Morgan fingerprint density at radius 2 is 1.91 bits per heavy atom. The Labute approximate surface area is 69.0 Å². The standard InChI is InChI=1S/C9H17N2/c1-2-6-11(7-3-1)8-9-4-5-10-9/h9H,1-8H2. The van der Waals surface area contributed by atoms with E-state index in [0.717, 1.165) is 6.54 Å². The SMILES string of the molecule is C1CCN(CC2CC[N]2)CC1. The van der Waals surface area contributed by atoms with Gasteiger partial charge in [0.25, 0.3) is 0 Å². The lowest BCUT2D eigenvalue weighted by Crippen LogP contribution is -2.46. The molecule has 2 aliphatic rings. The summed E-state index contributed by atoms with van der Waals surface area (Å²) in [5.74, 6) is 0. The van der Waals surface area contributed by atoms with Crippen molar-refractivity contribution in [1.29, 1.82) is 0 Å². The molecule has 2 aliphatic heterocycles. The first-order valence-corrected chi connectivity index (χ1v) is 4.84. The molecule has 0 aromatic rings. The molecule has 0 spiro atoms. The number of hydrogen-bond acceptors (Lipinski definition) is 1. The van der Waals surface area contributed by atoms with E-state index in [-0.39, 0.29) is 0 Å². The molecule has 0 amide bonds. The van der Waals surface area contributed by atoms with Crippen LogP contribution in [0.3, 0.4) is 0 Å². The molecule has 1 atom stereocenters. The van der Waals surface area contributed by atoms with Crippen molar-refractivity contribution in [3.8, 4) is 0 Å². The van der Waals surface area contributed by atoms with E-state index in [2.05, 4.69) is 10.2 Å². The third kappa shape index (κ3) is 1.94. The summed E-state index contributed by atoms with van der Waals surface area (Å²) < 4.78 is 0. The Morgan fingerprint density at radius 3 is 2.45 bits per heavy atom. The number of hydrogen-bond donors (Lipinski definition) is 0. The largest absolute Gasteiger partial charge is 0.302 e. The van der Waals surface area contributed by atoms with Gasteiger partial charge in [-0.3, -0.25) is 0 Å². The lowest BCUT2D eigenvalue weighted by molar-refractivity contribution is 0.177. The van der Waals surface area contributed by atoms with E-state index >= 15 is 0 Å². The van der Waals surface area contributed by atoms with Crippen LogP contribution in [0.4, 0.5) is 0 Å². The van der Waals surface area contributed by atoms with Crippen LogP contribution >= 0.6 is 0 Å². The molecule has 0 N–H and O–H groups in total. The first-order valence-electron chi connectivity index (χ1n) is 4.84. The van der Waals surface area contributed by atoms with Gasteiger partial charge in [-0.05, 0) is 32.4 Å². The van der Waals surface area contributed by atoms with Gasteiger partial charge in [0.1, 0.15) is 0 Å². The van der Waals surface area contributed by atoms with Gasteiger partial charge in [-0.1, -0.05) is 6.42 Å². The smallest absolute Gasteiger partial charge is 0.0386 e. The summed E-state index contributed by atoms with van der Waals surface area (Å²) in [6, 6.07) is 0.702. The van der Waals surface area contributed by atoms with Crippen LogP contribution in [0.15, 0.2) is 0 Å². The van der Waals surface area contributed by atoms with Crippen LogP contribution in [0.5, 0.6) is 0 Å². The Morgan fingerprint density at radius 1 is 1.18 bits per heavy atom. The molecule has 0 aromatic heterocycles. The summed E-state index contributed by atoms with van der Waals surface area (Å²) in [6.07, 6.45) is 5.61. The quantitative estimate of drug-likeness (QED) is 0.575. The molecule has 0 aromatic carbocycles. The van der Waals surface area contributed by atoms with E-state index in [9.17, 15) is 0 Å². The molecule has 63 valence electrons. The third-order valence-electron chi connectivity index (χ3n) is 2.77. The van der Waals surface area contributed by atoms with Gasteiger partial charge in [0.2, 0.25) is 0 Å². The molecular formula is C9H17N2. The second-order valence-corrected chi connectivity index (χ2v) is 3.71. The number of rotatable bonds is 2. The molecule has 2 heteroatoms. The summed E-state index contributed by atoms with van der Waals surface area (Å²) in [5, 5.41) is 4.42. The van der Waals surface area contributed by atoms with E-state index < -0.39 is 0 Å². The van der Waals surface area contributed by atoms with Crippen LogP contribution in [0.1, 0.15) is 25.7 Å². The van der Waals surface area contributed by atoms with E-state index in [1.807, 2.05) is 0 Å². The fourth-order valence-corrected chi connectivity index (χ4v) is 1.90. The van der Waals surface area contributed by atoms with Gasteiger partial charge in [-0.25, -0.2) is 5.32 Å². The van der Waals surface area contributed by atoms with Crippen molar-refractivity contribution in [2.45, 2.75) is 31.7 Å². The summed E-state index contributed by atoms with van der Waals surface area (Å²) in [4.78, 5) is 2.58. The molecule has 2 fully saturated rings. The fourth-order valence-electron chi connectivity index (χ4n) is 1.90. The van der Waals surface area contributed by atoms with Crippen molar-refractivity contribution in [3.05, 3.63) is 0 Å². The van der Waals surface area contributed by atoms with Crippen molar-refractivity contribution >= 4 is 0 Å². The van der Waals surface area contributed by atoms with Crippen LogP contribution in [0.2, 0.25) is 0 Å². The molecule has 0 saturated carbocycles. The topological polar surface area (TPSA) is 17.3 Å². The minimum Gasteiger partial charge on any atom is -0.302 e. The number of nitrogens with zero attached hydrogens (tertiary/aromatic N) is 2.